The van der Waals surface area contributed by atoms with Crippen molar-refractivity contribution in [1.29, 1.82) is 0 Å². The van der Waals surface area contributed by atoms with Gasteiger partial charge in [0.1, 0.15) is 0 Å². The highest BCUT2D eigenvalue weighted by Crippen LogP contribution is 2.27. The van der Waals surface area contributed by atoms with Crippen molar-refractivity contribution in [2.75, 3.05) is 10.6 Å². The van der Waals surface area contributed by atoms with Crippen LogP contribution < -0.4 is 10.6 Å². The lowest BCUT2D eigenvalue weighted by Crippen LogP contribution is -2.26. The molecule has 0 aliphatic rings. The second kappa shape index (κ2) is 8.13. The molecule has 0 bridgehead atoms. The van der Waals surface area contributed by atoms with E-state index in [1.807, 2.05) is 30.6 Å². The average Bonchev–Trinajstić information content (AvgIpc) is 3.04. The number of benzene rings is 1. The van der Waals surface area contributed by atoms with E-state index in [4.69, 9.17) is 21.6 Å². The van der Waals surface area contributed by atoms with Gasteiger partial charge in [-0.25, -0.2) is 4.98 Å². The summed E-state index contributed by atoms with van der Waals surface area (Å²) in [6.07, 6.45) is 2.82. The Hall–Kier alpha value is -2.34. The first-order valence-corrected chi connectivity index (χ1v) is 9.80. The van der Waals surface area contributed by atoms with Gasteiger partial charge in [0.2, 0.25) is 5.95 Å². The van der Waals surface area contributed by atoms with Crippen molar-refractivity contribution in [3.8, 4) is 0 Å². The van der Waals surface area contributed by atoms with Gasteiger partial charge >= 0.3 is 0 Å². The first-order valence-electron chi connectivity index (χ1n) is 9.42. The molecule has 0 saturated heterocycles. The summed E-state index contributed by atoms with van der Waals surface area (Å²) in [7, 11) is 0. The number of nitrogens with one attached hydrogen (secondary N) is 2. The zero-order chi connectivity index (χ0) is 19.6. The molecule has 0 aliphatic heterocycles. The van der Waals surface area contributed by atoms with Crippen LogP contribution in [0, 0.1) is 5.92 Å². The minimum atomic E-state index is 0.254. The van der Waals surface area contributed by atoms with E-state index in [2.05, 4.69) is 54.8 Å². The number of fused-ring (bicyclic) bond motifs is 1. The van der Waals surface area contributed by atoms with Crippen LogP contribution in [0.2, 0.25) is 5.02 Å². The normalized spacial score (nSPS) is 12.7. The topological polar surface area (TPSA) is 67.7 Å². The molecule has 144 valence electrons. The Balaban J connectivity index is 2.07. The number of hydrogen-bond donors (Lipinski definition) is 2. The van der Waals surface area contributed by atoms with Gasteiger partial charge < -0.3 is 15.2 Å². The molecule has 0 aliphatic carbocycles. The SMILES string of the molecule is CC[C@H](Nc1nc(Nc2cccc(Cl)c2)c2ncn(C(C)C)c2n1)C(C)C. The Morgan fingerprint density at radius 1 is 1.15 bits per heavy atom. The molecule has 0 fully saturated rings. The molecule has 0 unspecified atom stereocenters. The quantitative estimate of drug-likeness (QED) is 0.549. The minimum absolute atomic E-state index is 0.254. The summed E-state index contributed by atoms with van der Waals surface area (Å²) in [4.78, 5) is 14.0. The molecule has 1 atom stereocenters. The van der Waals surface area contributed by atoms with Gasteiger partial charge in [0.15, 0.2) is 17.0 Å². The van der Waals surface area contributed by atoms with Crippen molar-refractivity contribution in [3.05, 3.63) is 35.6 Å². The van der Waals surface area contributed by atoms with Crippen LogP contribution in [0.15, 0.2) is 30.6 Å². The molecule has 3 aromatic rings. The van der Waals surface area contributed by atoms with Crippen LogP contribution in [0.3, 0.4) is 0 Å². The molecule has 1 aromatic carbocycles. The maximum atomic E-state index is 6.12. The van der Waals surface area contributed by atoms with E-state index in [1.54, 1.807) is 0 Å². The molecular formula is C20H27ClN6. The Labute approximate surface area is 165 Å². The third kappa shape index (κ3) is 4.33. The van der Waals surface area contributed by atoms with Gasteiger partial charge in [-0.05, 0) is 44.4 Å². The number of hydrogen-bond acceptors (Lipinski definition) is 5. The van der Waals surface area contributed by atoms with E-state index in [0.29, 0.717) is 28.7 Å². The van der Waals surface area contributed by atoms with Crippen LogP contribution in [0.4, 0.5) is 17.5 Å². The summed E-state index contributed by atoms with van der Waals surface area (Å²) >= 11 is 6.12. The smallest absolute Gasteiger partial charge is 0.227 e. The van der Waals surface area contributed by atoms with Gasteiger partial charge in [-0.3, -0.25) is 0 Å². The Morgan fingerprint density at radius 3 is 2.56 bits per heavy atom. The van der Waals surface area contributed by atoms with Crippen molar-refractivity contribution in [1.82, 2.24) is 19.5 Å². The lowest BCUT2D eigenvalue weighted by atomic mass is 10.0. The highest BCUT2D eigenvalue weighted by molar-refractivity contribution is 6.30. The zero-order valence-electron chi connectivity index (χ0n) is 16.5. The van der Waals surface area contributed by atoms with Crippen LogP contribution >= 0.6 is 11.6 Å². The summed E-state index contributed by atoms with van der Waals surface area (Å²) in [5.41, 5.74) is 2.42. The molecule has 6 nitrogen and oxygen atoms in total. The Morgan fingerprint density at radius 2 is 1.93 bits per heavy atom. The Kier molecular flexibility index (Phi) is 5.85. The zero-order valence-corrected chi connectivity index (χ0v) is 17.2. The molecule has 0 radical (unpaired) electrons. The van der Waals surface area contributed by atoms with Gasteiger partial charge in [-0.2, -0.15) is 9.97 Å². The molecule has 0 spiro atoms. The van der Waals surface area contributed by atoms with Crippen molar-refractivity contribution < 1.29 is 0 Å². The second-order valence-corrected chi connectivity index (χ2v) is 7.79. The maximum Gasteiger partial charge on any atom is 0.227 e. The first-order chi connectivity index (χ1) is 12.9. The van der Waals surface area contributed by atoms with Crippen molar-refractivity contribution in [2.45, 2.75) is 53.1 Å². The monoisotopic (exact) mass is 386 g/mol. The number of anilines is 3. The number of aromatic nitrogens is 4. The standard InChI is InChI=1S/C20H27ClN6/c1-6-16(12(2)3)24-20-25-18(23-15-9-7-8-14(21)10-15)17-19(26-20)27(11-22-17)13(4)5/h7-13,16H,6H2,1-5H3,(H2,23,24,25,26)/t16-/m0/s1. The van der Waals surface area contributed by atoms with Crippen molar-refractivity contribution in [2.24, 2.45) is 5.92 Å². The third-order valence-corrected chi connectivity index (χ3v) is 4.86. The fraction of sp³-hybridized carbons (Fsp3) is 0.450. The number of imidazole rings is 1. The molecule has 0 saturated carbocycles. The molecule has 2 aromatic heterocycles. The van der Waals surface area contributed by atoms with E-state index in [9.17, 15) is 0 Å². The van der Waals surface area contributed by atoms with Crippen LogP contribution in [0.25, 0.3) is 11.2 Å². The summed E-state index contributed by atoms with van der Waals surface area (Å²) in [6, 6.07) is 8.12. The summed E-state index contributed by atoms with van der Waals surface area (Å²) in [6.45, 7) is 10.8. The highest BCUT2D eigenvalue weighted by atomic mass is 35.5. The lowest BCUT2D eigenvalue weighted by Gasteiger charge is -2.21. The Bertz CT molecular complexity index is 918. The third-order valence-electron chi connectivity index (χ3n) is 4.62. The van der Waals surface area contributed by atoms with Gasteiger partial charge in [-0.15, -0.1) is 0 Å². The fourth-order valence-electron chi connectivity index (χ4n) is 3.06. The largest absolute Gasteiger partial charge is 0.351 e. The summed E-state index contributed by atoms with van der Waals surface area (Å²) < 4.78 is 2.06. The number of halogens is 1. The molecular weight excluding hydrogens is 360 g/mol. The van der Waals surface area contributed by atoms with Gasteiger partial charge in [0, 0.05) is 22.8 Å². The molecule has 2 N–H and O–H groups in total. The molecule has 2 heterocycles. The minimum Gasteiger partial charge on any atom is -0.351 e. The van der Waals surface area contributed by atoms with Crippen LogP contribution in [0.5, 0.6) is 0 Å². The predicted octanol–water partition coefficient (Wildman–Crippen LogP) is 5.65. The average molecular weight is 387 g/mol. The molecule has 3 rings (SSSR count). The number of rotatable bonds is 7. The predicted molar refractivity (Wildman–Crippen MR) is 113 cm³/mol. The summed E-state index contributed by atoms with van der Waals surface area (Å²) in [5, 5.41) is 7.50. The van der Waals surface area contributed by atoms with Crippen LogP contribution in [-0.2, 0) is 0 Å². The lowest BCUT2D eigenvalue weighted by molar-refractivity contribution is 0.508. The van der Waals surface area contributed by atoms with E-state index < -0.39 is 0 Å². The van der Waals surface area contributed by atoms with Crippen LogP contribution in [0.1, 0.15) is 47.1 Å². The van der Waals surface area contributed by atoms with E-state index in [0.717, 1.165) is 23.3 Å². The summed E-state index contributed by atoms with van der Waals surface area (Å²) in [5.74, 6) is 1.76. The van der Waals surface area contributed by atoms with E-state index >= 15 is 0 Å². The maximum absolute atomic E-state index is 6.12. The first kappa shape index (κ1) is 19.4. The van der Waals surface area contributed by atoms with E-state index in [1.165, 1.54) is 0 Å². The van der Waals surface area contributed by atoms with Gasteiger partial charge in [0.25, 0.3) is 0 Å². The molecule has 27 heavy (non-hydrogen) atoms. The molecule has 7 heteroatoms. The van der Waals surface area contributed by atoms with Gasteiger partial charge in [-0.1, -0.05) is 38.4 Å². The highest BCUT2D eigenvalue weighted by Gasteiger charge is 2.18. The second-order valence-electron chi connectivity index (χ2n) is 7.35. The van der Waals surface area contributed by atoms with Crippen molar-refractivity contribution >= 4 is 40.2 Å². The fourth-order valence-corrected chi connectivity index (χ4v) is 3.25. The number of nitrogens with zero attached hydrogens (tertiary/aromatic N) is 4. The van der Waals surface area contributed by atoms with Gasteiger partial charge in [0.05, 0.1) is 6.33 Å². The van der Waals surface area contributed by atoms with Crippen LogP contribution in [-0.4, -0.2) is 25.6 Å². The molecule has 0 amide bonds. The van der Waals surface area contributed by atoms with E-state index in [-0.39, 0.29) is 6.04 Å². The van der Waals surface area contributed by atoms with Crippen molar-refractivity contribution in [3.63, 3.8) is 0 Å².